The van der Waals surface area contributed by atoms with E-state index < -0.39 is 18.1 Å². The number of aliphatic carboxylic acids is 1. The third-order valence-corrected chi connectivity index (χ3v) is 6.53. The number of amides is 1. The highest BCUT2D eigenvalue weighted by atomic mass is 32.2. The molecule has 2 N–H and O–H groups in total. The molecule has 0 saturated carbocycles. The zero-order chi connectivity index (χ0) is 22.5. The standard InChI is InChI=1S/C25H24N2O4S/c1-16-10-17(12-26-11-16)14-32-15-23(24(28)29)27-25(30)31-13-22-20-8-4-2-6-18(20)19-7-3-5-9-21(19)22/h2-12,22-23H,13-15H2,1H3,(H,27,30)(H,28,29). The molecule has 1 heterocycles. The summed E-state index contributed by atoms with van der Waals surface area (Å²) in [6.45, 7) is 2.11. The average Bonchev–Trinajstić information content (AvgIpc) is 3.11. The molecule has 4 rings (SSSR count). The lowest BCUT2D eigenvalue weighted by Gasteiger charge is -2.17. The minimum atomic E-state index is -1.09. The zero-order valence-electron chi connectivity index (χ0n) is 17.7. The van der Waals surface area contributed by atoms with Crippen molar-refractivity contribution in [3.05, 3.63) is 89.2 Å². The van der Waals surface area contributed by atoms with E-state index in [-0.39, 0.29) is 18.3 Å². The van der Waals surface area contributed by atoms with E-state index in [1.165, 1.54) is 11.8 Å². The fourth-order valence-corrected chi connectivity index (χ4v) is 4.92. The number of fused-ring (bicyclic) bond motifs is 3. The van der Waals surface area contributed by atoms with Gasteiger partial charge >= 0.3 is 12.1 Å². The van der Waals surface area contributed by atoms with Crippen LogP contribution in [0.2, 0.25) is 0 Å². The highest BCUT2D eigenvalue weighted by Gasteiger charge is 2.29. The van der Waals surface area contributed by atoms with E-state index in [1.807, 2.05) is 49.4 Å². The van der Waals surface area contributed by atoms with Gasteiger partial charge in [0, 0.05) is 29.8 Å². The summed E-state index contributed by atoms with van der Waals surface area (Å²) >= 11 is 1.43. The van der Waals surface area contributed by atoms with Crippen LogP contribution in [-0.4, -0.2) is 40.6 Å². The number of hydrogen-bond donors (Lipinski definition) is 2. The maximum absolute atomic E-state index is 12.4. The van der Waals surface area contributed by atoms with Crippen LogP contribution in [0.3, 0.4) is 0 Å². The van der Waals surface area contributed by atoms with E-state index in [4.69, 9.17) is 4.74 Å². The van der Waals surface area contributed by atoms with Gasteiger partial charge in [0.25, 0.3) is 0 Å². The molecule has 3 aromatic rings. The monoisotopic (exact) mass is 448 g/mol. The molecule has 0 radical (unpaired) electrons. The summed E-state index contributed by atoms with van der Waals surface area (Å²) in [7, 11) is 0. The van der Waals surface area contributed by atoms with E-state index in [2.05, 4.69) is 22.4 Å². The lowest BCUT2D eigenvalue weighted by molar-refractivity contribution is -0.138. The van der Waals surface area contributed by atoms with Crippen LogP contribution < -0.4 is 5.32 Å². The molecule has 6 nitrogen and oxygen atoms in total. The quantitative estimate of drug-likeness (QED) is 0.523. The zero-order valence-corrected chi connectivity index (χ0v) is 18.5. The molecule has 1 atom stereocenters. The van der Waals surface area contributed by atoms with Gasteiger partial charge < -0.3 is 15.2 Å². The van der Waals surface area contributed by atoms with E-state index in [0.29, 0.717) is 5.75 Å². The van der Waals surface area contributed by atoms with Crippen LogP contribution in [0.1, 0.15) is 28.2 Å². The Labute approximate surface area is 191 Å². The summed E-state index contributed by atoms with van der Waals surface area (Å²) in [5.41, 5.74) is 6.57. The molecular formula is C25H24N2O4S. The highest BCUT2D eigenvalue weighted by Crippen LogP contribution is 2.44. The second-order valence-corrected chi connectivity index (χ2v) is 8.78. The van der Waals surface area contributed by atoms with Gasteiger partial charge in [-0.25, -0.2) is 9.59 Å². The number of nitrogens with zero attached hydrogens (tertiary/aromatic N) is 1. The van der Waals surface area contributed by atoms with E-state index >= 15 is 0 Å². The number of aryl methyl sites for hydroxylation is 1. The van der Waals surface area contributed by atoms with Gasteiger partial charge in [-0.15, -0.1) is 0 Å². The van der Waals surface area contributed by atoms with Crippen molar-refractivity contribution in [3.8, 4) is 11.1 Å². The van der Waals surface area contributed by atoms with Gasteiger partial charge in [-0.3, -0.25) is 4.98 Å². The molecular weight excluding hydrogens is 424 g/mol. The number of carboxylic acids is 1. The van der Waals surface area contributed by atoms with Gasteiger partial charge in [0.2, 0.25) is 0 Å². The number of ether oxygens (including phenoxy) is 1. The fourth-order valence-electron chi connectivity index (χ4n) is 3.95. The molecule has 32 heavy (non-hydrogen) atoms. The number of carboxylic acid groups (broad SMARTS) is 1. The lowest BCUT2D eigenvalue weighted by Crippen LogP contribution is -2.43. The number of hydrogen-bond acceptors (Lipinski definition) is 5. The van der Waals surface area contributed by atoms with Gasteiger partial charge in [0.05, 0.1) is 0 Å². The summed E-state index contributed by atoms with van der Waals surface area (Å²) in [6.07, 6.45) is 2.80. The number of nitrogens with one attached hydrogen (secondary N) is 1. The van der Waals surface area contributed by atoms with Crippen LogP contribution >= 0.6 is 11.8 Å². The number of alkyl carbamates (subject to hydrolysis) is 1. The van der Waals surface area contributed by atoms with Crippen molar-refractivity contribution in [2.45, 2.75) is 24.6 Å². The Morgan fingerprint density at radius 3 is 2.38 bits per heavy atom. The van der Waals surface area contributed by atoms with Crippen LogP contribution in [0.25, 0.3) is 11.1 Å². The van der Waals surface area contributed by atoms with Crippen molar-refractivity contribution in [1.82, 2.24) is 10.3 Å². The Balaban J connectivity index is 1.34. The molecule has 1 amide bonds. The smallest absolute Gasteiger partial charge is 0.407 e. The van der Waals surface area contributed by atoms with E-state index in [1.54, 1.807) is 12.4 Å². The molecule has 1 unspecified atom stereocenters. The van der Waals surface area contributed by atoms with E-state index in [0.717, 1.165) is 33.4 Å². The first-order valence-corrected chi connectivity index (χ1v) is 11.5. The third kappa shape index (κ3) is 4.94. The summed E-state index contributed by atoms with van der Waals surface area (Å²) in [5, 5.41) is 12.0. The van der Waals surface area contributed by atoms with Gasteiger partial charge in [0.15, 0.2) is 0 Å². The topological polar surface area (TPSA) is 88.5 Å². The summed E-state index contributed by atoms with van der Waals surface area (Å²) < 4.78 is 5.47. The van der Waals surface area contributed by atoms with Crippen molar-refractivity contribution in [2.24, 2.45) is 0 Å². The first kappa shape index (κ1) is 21.9. The van der Waals surface area contributed by atoms with Crippen LogP contribution in [0.4, 0.5) is 4.79 Å². The highest BCUT2D eigenvalue weighted by molar-refractivity contribution is 7.98. The molecule has 1 aliphatic rings. The normalized spacial score (nSPS) is 13.2. The number of rotatable bonds is 8. The van der Waals surface area contributed by atoms with Gasteiger partial charge in [-0.1, -0.05) is 54.6 Å². The number of carbonyl (C=O) groups excluding carboxylic acids is 1. The SMILES string of the molecule is Cc1cncc(CSCC(NC(=O)OCC2c3ccccc3-c3ccccc32)C(=O)O)c1. The first-order valence-electron chi connectivity index (χ1n) is 10.4. The predicted octanol–water partition coefficient (Wildman–Crippen LogP) is 4.62. The molecule has 0 bridgehead atoms. The van der Waals surface area contributed by atoms with Crippen molar-refractivity contribution < 1.29 is 19.4 Å². The molecule has 1 aromatic heterocycles. The third-order valence-electron chi connectivity index (χ3n) is 5.42. The summed E-state index contributed by atoms with van der Waals surface area (Å²) in [4.78, 5) is 28.2. The minimum absolute atomic E-state index is 0.0698. The molecule has 1 aliphatic carbocycles. The van der Waals surface area contributed by atoms with Crippen molar-refractivity contribution >= 4 is 23.8 Å². The first-order chi connectivity index (χ1) is 15.5. The second-order valence-electron chi connectivity index (χ2n) is 7.75. The Morgan fingerprint density at radius 1 is 1.09 bits per heavy atom. The molecule has 0 saturated heterocycles. The molecule has 0 spiro atoms. The van der Waals surface area contributed by atoms with Crippen LogP contribution in [0, 0.1) is 6.92 Å². The number of carbonyl (C=O) groups is 2. The fraction of sp³-hybridized carbons (Fsp3) is 0.240. The second kappa shape index (κ2) is 9.87. The maximum atomic E-state index is 12.4. The number of aromatic nitrogens is 1. The molecule has 164 valence electrons. The van der Waals surface area contributed by atoms with Gasteiger partial charge in [-0.05, 0) is 40.3 Å². The summed E-state index contributed by atoms with van der Waals surface area (Å²) in [5.74, 6) is -0.314. The number of pyridine rings is 1. The Bertz CT molecular complexity index is 1090. The number of thioether (sulfide) groups is 1. The largest absolute Gasteiger partial charge is 0.480 e. The van der Waals surface area contributed by atoms with Crippen LogP contribution in [0.15, 0.2) is 67.0 Å². The molecule has 7 heteroatoms. The summed E-state index contributed by atoms with van der Waals surface area (Å²) in [6, 6.07) is 17.1. The van der Waals surface area contributed by atoms with E-state index in [9.17, 15) is 14.7 Å². The van der Waals surface area contributed by atoms with Crippen LogP contribution in [-0.2, 0) is 15.3 Å². The lowest BCUT2D eigenvalue weighted by atomic mass is 9.98. The number of benzene rings is 2. The van der Waals surface area contributed by atoms with Crippen LogP contribution in [0.5, 0.6) is 0 Å². The van der Waals surface area contributed by atoms with Gasteiger partial charge in [-0.2, -0.15) is 11.8 Å². The Morgan fingerprint density at radius 2 is 1.75 bits per heavy atom. The molecule has 0 aliphatic heterocycles. The molecule has 0 fully saturated rings. The molecule has 2 aromatic carbocycles. The predicted molar refractivity (Wildman–Crippen MR) is 125 cm³/mol. The average molecular weight is 449 g/mol. The Kier molecular flexibility index (Phi) is 6.75. The minimum Gasteiger partial charge on any atom is -0.480 e. The maximum Gasteiger partial charge on any atom is 0.407 e. The van der Waals surface area contributed by atoms with Crippen molar-refractivity contribution in [1.29, 1.82) is 0 Å². The van der Waals surface area contributed by atoms with Crippen molar-refractivity contribution in [2.75, 3.05) is 12.4 Å². The van der Waals surface area contributed by atoms with Gasteiger partial charge in [0.1, 0.15) is 12.6 Å². The van der Waals surface area contributed by atoms with Crippen molar-refractivity contribution in [3.63, 3.8) is 0 Å². The Hall–Kier alpha value is -3.32.